The van der Waals surface area contributed by atoms with E-state index in [0.717, 1.165) is 18.3 Å². The summed E-state index contributed by atoms with van der Waals surface area (Å²) in [5.41, 5.74) is 1.45. The van der Waals surface area contributed by atoms with Gasteiger partial charge in [0.05, 0.1) is 0 Å². The van der Waals surface area contributed by atoms with Crippen LogP contribution in [-0.4, -0.2) is 3.97 Å². The van der Waals surface area contributed by atoms with E-state index in [-0.39, 0.29) is 3.97 Å². The third-order valence-corrected chi connectivity index (χ3v) is 1.14. The van der Waals surface area contributed by atoms with Crippen LogP contribution in [0.15, 0.2) is 11.6 Å². The number of hydrogen-bond donors (Lipinski definition) is 0. The topological polar surface area (TPSA) is 0 Å². The van der Waals surface area contributed by atoms with Crippen molar-refractivity contribution in [3.63, 3.8) is 0 Å². The molecule has 0 spiro atoms. The number of hydrogen-bond acceptors (Lipinski definition) is 0. The minimum absolute atomic E-state index is 0.183. The van der Waals surface area contributed by atoms with Crippen molar-refractivity contribution >= 4 is 23.2 Å². The monoisotopic (exact) mass is 173 g/mol. The van der Waals surface area contributed by atoms with Crippen molar-refractivity contribution in [1.82, 2.24) is 0 Å². The minimum atomic E-state index is 0.183. The fraction of sp³-hybridized carbons (Fsp3) is 0.333. The van der Waals surface area contributed by atoms with Crippen molar-refractivity contribution in [3.05, 3.63) is 11.6 Å². The number of halogens is 2. The van der Waals surface area contributed by atoms with E-state index < -0.39 is 0 Å². The van der Waals surface area contributed by atoms with Crippen LogP contribution in [-0.2, 0) is 18.3 Å². The van der Waals surface area contributed by atoms with Gasteiger partial charge in [0, 0.05) is 0 Å². The van der Waals surface area contributed by atoms with Crippen LogP contribution in [0.4, 0.5) is 0 Å². The Morgan fingerprint density at radius 1 is 1.67 bits per heavy atom. The van der Waals surface area contributed by atoms with Gasteiger partial charge >= 0.3 is 57.1 Å². The van der Waals surface area contributed by atoms with E-state index in [4.69, 9.17) is 23.2 Å². The van der Waals surface area contributed by atoms with Gasteiger partial charge in [-0.05, 0) is 0 Å². The summed E-state index contributed by atoms with van der Waals surface area (Å²) in [5.74, 6) is 0. The van der Waals surface area contributed by atoms with Crippen molar-refractivity contribution in [1.29, 1.82) is 0 Å². The van der Waals surface area contributed by atoms with Crippen LogP contribution in [0.25, 0.3) is 0 Å². The van der Waals surface area contributed by atoms with Crippen LogP contribution < -0.4 is 0 Å². The van der Waals surface area contributed by atoms with Crippen molar-refractivity contribution < 1.29 is 18.3 Å². The third-order valence-electron chi connectivity index (χ3n) is 0.282. The maximum absolute atomic E-state index is 5.46. The van der Waals surface area contributed by atoms with Crippen LogP contribution in [0.5, 0.6) is 0 Å². The molecule has 0 fully saturated rings. The van der Waals surface area contributed by atoms with E-state index in [0.29, 0.717) is 0 Å². The second-order valence-electron chi connectivity index (χ2n) is 0.834. The summed E-state index contributed by atoms with van der Waals surface area (Å²) < 4.78 is 0.183. The van der Waals surface area contributed by atoms with Crippen molar-refractivity contribution in [2.45, 2.75) is 3.97 Å². The molecule has 0 aliphatic carbocycles. The predicted octanol–water partition coefficient (Wildman–Crippen LogP) is 1.85. The molecule has 0 rings (SSSR count). The number of rotatable bonds is 1. The second kappa shape index (κ2) is 4.11. The van der Waals surface area contributed by atoms with Crippen LogP contribution >= 0.6 is 23.2 Å². The van der Waals surface area contributed by atoms with Crippen molar-refractivity contribution in [2.24, 2.45) is 0 Å². The van der Waals surface area contributed by atoms with Crippen LogP contribution in [0.1, 0.15) is 0 Å². The van der Waals surface area contributed by atoms with Gasteiger partial charge in [0.1, 0.15) is 0 Å². The molecule has 0 aromatic carbocycles. The third kappa shape index (κ3) is 4.94. The fourth-order valence-electron chi connectivity index (χ4n) is 0.0789. The molecule has 1 unspecified atom stereocenters. The number of allylic oxidation sites excluding steroid dienone is 1. The van der Waals surface area contributed by atoms with Gasteiger partial charge in [-0.25, -0.2) is 0 Å². The molecule has 0 bridgehead atoms. The summed E-state index contributed by atoms with van der Waals surface area (Å²) in [5, 5.41) is 0. The average molecular weight is 175 g/mol. The maximum atomic E-state index is 5.46. The molecule has 0 radical (unpaired) electrons. The molecule has 0 heterocycles. The standard InChI is InChI=1S/C3H3Cl2.Zn/c4-2-1-3-5;/h1-3H;. The van der Waals surface area contributed by atoms with Gasteiger partial charge < -0.3 is 0 Å². The van der Waals surface area contributed by atoms with Gasteiger partial charge in [-0.1, -0.05) is 0 Å². The summed E-state index contributed by atoms with van der Waals surface area (Å²) >= 11 is 11.7. The summed E-state index contributed by atoms with van der Waals surface area (Å²) in [6, 6.07) is 0. The van der Waals surface area contributed by atoms with E-state index in [1.165, 1.54) is 5.54 Å². The van der Waals surface area contributed by atoms with Crippen LogP contribution in [0.3, 0.4) is 0 Å². The van der Waals surface area contributed by atoms with E-state index in [2.05, 4.69) is 0 Å². The first-order chi connectivity index (χ1) is 2.77. The molecule has 0 nitrogen and oxygen atoms in total. The molecule has 0 aliphatic rings. The molecule has 6 heavy (non-hydrogen) atoms. The van der Waals surface area contributed by atoms with Gasteiger partial charge in [0.15, 0.2) is 0 Å². The zero-order chi connectivity index (χ0) is 4.99. The Morgan fingerprint density at radius 2 is 2.17 bits per heavy atom. The Balaban J connectivity index is 3.03. The first-order valence-electron chi connectivity index (χ1n) is 1.51. The van der Waals surface area contributed by atoms with Crippen LogP contribution in [0.2, 0.25) is 0 Å². The second-order valence-corrected chi connectivity index (χ2v) is 4.58. The zero-order valence-electron chi connectivity index (χ0n) is 3.20. The zero-order valence-corrected chi connectivity index (χ0v) is 7.67. The average Bonchev–Trinajstić information content (AvgIpc) is 1.35. The van der Waals surface area contributed by atoms with Gasteiger partial charge in [-0.3, -0.25) is 0 Å². The Labute approximate surface area is 57.2 Å². The van der Waals surface area contributed by atoms with E-state index in [1.807, 2.05) is 0 Å². The van der Waals surface area contributed by atoms with Gasteiger partial charge in [0.25, 0.3) is 0 Å². The molecule has 0 saturated carbocycles. The Hall–Kier alpha value is 0.943. The molecule has 0 aromatic heterocycles. The Kier molecular flexibility index (Phi) is 4.76. The molecular weight excluding hydrogens is 172 g/mol. The molecule has 0 aliphatic heterocycles. The molecule has 31 valence electrons. The predicted molar refractivity (Wildman–Crippen MR) is 24.6 cm³/mol. The number of alkyl halides is 1. The van der Waals surface area contributed by atoms with Gasteiger partial charge in [-0.15, -0.1) is 0 Å². The molecule has 0 aromatic rings. The van der Waals surface area contributed by atoms with E-state index in [1.54, 1.807) is 6.08 Å². The quantitative estimate of drug-likeness (QED) is 0.421. The first-order valence-corrected chi connectivity index (χ1v) is 4.10. The van der Waals surface area contributed by atoms with E-state index in [9.17, 15) is 0 Å². The molecule has 0 saturated heterocycles. The normalized spacial score (nSPS) is 16.0. The Bertz CT molecular complexity index is 50.8. The van der Waals surface area contributed by atoms with Gasteiger partial charge in [0.2, 0.25) is 0 Å². The summed E-state index contributed by atoms with van der Waals surface area (Å²) in [4.78, 5) is 0. The Morgan fingerprint density at radius 3 is 2.17 bits per heavy atom. The summed E-state index contributed by atoms with van der Waals surface area (Å²) in [6.45, 7) is 0. The molecule has 3 heteroatoms. The summed E-state index contributed by atoms with van der Waals surface area (Å²) in [7, 11) is 0. The van der Waals surface area contributed by atoms with Crippen LogP contribution in [0, 0.1) is 0 Å². The van der Waals surface area contributed by atoms with Crippen molar-refractivity contribution in [3.8, 4) is 0 Å². The molecule has 0 amide bonds. The SMILES string of the molecule is ClC=C[CH](Cl)[Zn]. The van der Waals surface area contributed by atoms with Crippen molar-refractivity contribution in [2.75, 3.05) is 0 Å². The fourth-order valence-corrected chi connectivity index (χ4v) is 1.05. The molecule has 1 atom stereocenters. The summed E-state index contributed by atoms with van der Waals surface area (Å²) in [6.07, 6.45) is 1.75. The first kappa shape index (κ1) is 6.94. The molecular formula is C3H3Cl2Zn. The molecule has 0 N–H and O–H groups in total. The van der Waals surface area contributed by atoms with E-state index >= 15 is 0 Å². The van der Waals surface area contributed by atoms with Gasteiger partial charge in [-0.2, -0.15) is 0 Å².